The van der Waals surface area contributed by atoms with Gasteiger partial charge >= 0.3 is 0 Å². The van der Waals surface area contributed by atoms with Crippen molar-refractivity contribution in [2.75, 3.05) is 20.8 Å². The maximum Gasteiger partial charge on any atom is 0.192 e. The first-order chi connectivity index (χ1) is 20.9. The molecule has 7 heteroatoms. The van der Waals surface area contributed by atoms with Gasteiger partial charge in [0.25, 0.3) is 0 Å². The highest BCUT2D eigenvalue weighted by molar-refractivity contribution is 14.1. The topological polar surface area (TPSA) is 54.0 Å². The number of benzene rings is 1. The van der Waals surface area contributed by atoms with Crippen LogP contribution < -0.4 is 4.74 Å². The highest BCUT2D eigenvalue weighted by Gasteiger charge is 2.39. The van der Waals surface area contributed by atoms with Crippen LogP contribution in [0.5, 0.6) is 5.75 Å². The minimum atomic E-state index is -2.02. The lowest BCUT2D eigenvalue weighted by molar-refractivity contribution is -0.120. The van der Waals surface area contributed by atoms with E-state index in [9.17, 15) is 4.79 Å². The molecule has 0 spiro atoms. The highest BCUT2D eigenvalue weighted by atomic mass is 127. The number of ether oxygens (including phenoxy) is 3. The Balaban J connectivity index is 3.04. The van der Waals surface area contributed by atoms with Gasteiger partial charge in [0.1, 0.15) is 5.75 Å². The number of carbonyl (C=O) groups excluding carboxylic acids is 1. The van der Waals surface area contributed by atoms with Crippen LogP contribution in [0.15, 0.2) is 81.0 Å². The third-order valence-electron chi connectivity index (χ3n) is 8.54. The maximum atomic E-state index is 12.9. The van der Waals surface area contributed by atoms with Crippen molar-refractivity contribution in [3.8, 4) is 5.75 Å². The largest absolute Gasteiger partial charge is 0.497 e. The van der Waals surface area contributed by atoms with Crippen LogP contribution in [0.25, 0.3) is 0 Å². The molecule has 0 N–H and O–H groups in total. The first-order valence-corrected chi connectivity index (χ1v) is 20.0. The van der Waals surface area contributed by atoms with Gasteiger partial charge in [-0.05, 0) is 85.7 Å². The Labute approximate surface area is 289 Å². The van der Waals surface area contributed by atoms with Crippen LogP contribution in [0.3, 0.4) is 0 Å². The van der Waals surface area contributed by atoms with Crippen LogP contribution in [0, 0.1) is 11.8 Å². The van der Waals surface area contributed by atoms with E-state index in [-0.39, 0.29) is 34.9 Å². The molecule has 0 bridgehead atoms. The number of methoxy groups -OCH3 is 2. The molecule has 1 rings (SSSR count). The molecule has 0 aliphatic carbocycles. The van der Waals surface area contributed by atoms with Crippen LogP contribution in [0.4, 0.5) is 0 Å². The highest BCUT2D eigenvalue weighted by Crippen LogP contribution is 2.38. The van der Waals surface area contributed by atoms with E-state index in [1.54, 1.807) is 20.3 Å². The molecule has 1 aromatic rings. The zero-order valence-corrected chi connectivity index (χ0v) is 33.3. The fourth-order valence-electron chi connectivity index (χ4n) is 4.64. The second-order valence-corrected chi connectivity index (χ2v) is 19.1. The number of rotatable bonds is 18. The Morgan fingerprint density at radius 1 is 0.956 bits per heavy atom. The van der Waals surface area contributed by atoms with Gasteiger partial charge in [-0.25, -0.2) is 0 Å². The first-order valence-electron chi connectivity index (χ1n) is 15.9. The van der Waals surface area contributed by atoms with Gasteiger partial charge in [-0.2, -0.15) is 0 Å². The Kier molecular flexibility index (Phi) is 18.1. The fraction of sp³-hybridized carbons (Fsp3) is 0.553. The molecule has 0 aromatic heterocycles. The van der Waals surface area contributed by atoms with Gasteiger partial charge in [0, 0.05) is 18.9 Å². The molecular formula is C38H59IO5Si. The van der Waals surface area contributed by atoms with Gasteiger partial charge in [0.15, 0.2) is 14.1 Å². The summed E-state index contributed by atoms with van der Waals surface area (Å²) in [6.45, 7) is 25.1. The number of halogens is 1. The summed E-state index contributed by atoms with van der Waals surface area (Å²) >= 11 is 2.19. The van der Waals surface area contributed by atoms with Gasteiger partial charge in [0.05, 0.1) is 32.5 Å². The van der Waals surface area contributed by atoms with E-state index in [1.807, 2.05) is 55.2 Å². The van der Waals surface area contributed by atoms with E-state index in [1.165, 1.54) is 5.57 Å². The molecule has 4 atom stereocenters. The quantitative estimate of drug-likeness (QED) is 0.0374. The summed E-state index contributed by atoms with van der Waals surface area (Å²) in [5, 5.41) is 0.102. The van der Waals surface area contributed by atoms with Crippen molar-refractivity contribution in [1.82, 2.24) is 0 Å². The lowest BCUT2D eigenvalue weighted by Crippen LogP contribution is -2.45. The van der Waals surface area contributed by atoms with Crippen LogP contribution >= 0.6 is 22.6 Å². The molecule has 0 radical (unpaired) electrons. The predicted octanol–water partition coefficient (Wildman–Crippen LogP) is 10.6. The van der Waals surface area contributed by atoms with E-state index in [0.717, 1.165) is 34.5 Å². The Bertz CT molecular complexity index is 1220. The molecule has 1 aromatic carbocycles. The third-order valence-corrected chi connectivity index (χ3v) is 14.0. The normalized spacial score (nSPS) is 16.9. The molecule has 0 saturated heterocycles. The number of hydrogen-bond donors (Lipinski definition) is 0. The van der Waals surface area contributed by atoms with Crippen LogP contribution in [-0.2, 0) is 25.3 Å². The molecular weight excluding hydrogens is 691 g/mol. The molecule has 0 saturated carbocycles. The second kappa shape index (κ2) is 19.8. The summed E-state index contributed by atoms with van der Waals surface area (Å²) < 4.78 is 25.8. The summed E-state index contributed by atoms with van der Waals surface area (Å²) in [6, 6.07) is 7.99. The summed E-state index contributed by atoms with van der Waals surface area (Å²) in [6.07, 6.45) is 10.8. The average Bonchev–Trinajstić information content (AvgIpc) is 2.97. The number of hydrogen-bond acceptors (Lipinski definition) is 5. The van der Waals surface area contributed by atoms with Gasteiger partial charge in [0.2, 0.25) is 0 Å². The van der Waals surface area contributed by atoms with E-state index in [2.05, 4.69) is 95.5 Å². The Hall–Kier alpha value is -1.78. The van der Waals surface area contributed by atoms with Crippen molar-refractivity contribution < 1.29 is 23.4 Å². The molecule has 0 aliphatic heterocycles. The molecule has 45 heavy (non-hydrogen) atoms. The average molecular weight is 751 g/mol. The summed E-state index contributed by atoms with van der Waals surface area (Å²) in [4.78, 5) is 12.9. The summed E-state index contributed by atoms with van der Waals surface area (Å²) in [5.74, 6) is 0.813. The van der Waals surface area contributed by atoms with Crippen molar-refractivity contribution in [2.45, 2.75) is 106 Å². The summed E-state index contributed by atoms with van der Waals surface area (Å²) in [5.41, 5.74) is 5.60. The van der Waals surface area contributed by atoms with Gasteiger partial charge in [-0.15, -0.1) is 0 Å². The molecule has 0 aliphatic rings. The first kappa shape index (κ1) is 41.2. The lowest BCUT2D eigenvalue weighted by atomic mass is 9.94. The molecule has 0 heterocycles. The second-order valence-electron chi connectivity index (χ2n) is 13.7. The Morgan fingerprint density at radius 2 is 1.58 bits per heavy atom. The fourth-order valence-corrected chi connectivity index (χ4v) is 6.32. The standard InChI is InChI=1S/C38H59IO5Si/c1-27(14-19-35(40)32(6)37(42-11)31(5)25-39)22-29(3)23-30(4)36(44-45(12,13)38(7,8)9)24-28(2)20-21-43-26-33-15-17-34(41-10)18-16-33/h14-19,22-25,30,32,36-37H,20-21,26H2,1-13H3/b19-14+,27-22+,28-24+,29-23+,31-25+/t30-,32-,36+,37+/m0/s1. The SMILES string of the molecule is COc1ccc(COCC/C(C)=C/[C@@H](O[Si](C)(C)C(C)(C)C)[C@@H](C)/C=C(C)/C=C(C)/C=C/C(=O)[C@H](C)[C@H](OC)/C(C)=C/I)cc1. The molecule has 252 valence electrons. The summed E-state index contributed by atoms with van der Waals surface area (Å²) in [7, 11) is 1.30. The monoisotopic (exact) mass is 750 g/mol. The van der Waals surface area contributed by atoms with E-state index < -0.39 is 8.32 Å². The zero-order valence-electron chi connectivity index (χ0n) is 30.1. The van der Waals surface area contributed by atoms with Crippen molar-refractivity contribution in [3.05, 3.63) is 86.6 Å². The van der Waals surface area contributed by atoms with Gasteiger partial charge in [-0.1, -0.05) is 110 Å². The van der Waals surface area contributed by atoms with Crippen molar-refractivity contribution >= 4 is 36.7 Å². The lowest BCUT2D eigenvalue weighted by Gasteiger charge is -2.40. The molecule has 0 amide bonds. The van der Waals surface area contributed by atoms with E-state index in [4.69, 9.17) is 18.6 Å². The van der Waals surface area contributed by atoms with Gasteiger partial charge in [-0.3, -0.25) is 4.79 Å². The van der Waals surface area contributed by atoms with Crippen molar-refractivity contribution in [3.63, 3.8) is 0 Å². The van der Waals surface area contributed by atoms with E-state index in [0.29, 0.717) is 13.2 Å². The Morgan fingerprint density at radius 3 is 2.11 bits per heavy atom. The van der Waals surface area contributed by atoms with Crippen LogP contribution in [0.1, 0.15) is 74.3 Å². The number of ketones is 1. The predicted molar refractivity (Wildman–Crippen MR) is 202 cm³/mol. The smallest absolute Gasteiger partial charge is 0.192 e. The third kappa shape index (κ3) is 14.7. The molecule has 0 fully saturated rings. The van der Waals surface area contributed by atoms with Crippen LogP contribution in [-0.4, -0.2) is 47.1 Å². The van der Waals surface area contributed by atoms with Gasteiger partial charge < -0.3 is 18.6 Å². The minimum absolute atomic E-state index is 0.0470. The van der Waals surface area contributed by atoms with Crippen LogP contribution in [0.2, 0.25) is 18.1 Å². The maximum absolute atomic E-state index is 12.9. The van der Waals surface area contributed by atoms with Crippen molar-refractivity contribution in [2.24, 2.45) is 11.8 Å². The molecule has 0 unspecified atom stereocenters. The number of carbonyl (C=O) groups is 1. The van der Waals surface area contributed by atoms with E-state index >= 15 is 0 Å². The minimum Gasteiger partial charge on any atom is -0.497 e. The van der Waals surface area contributed by atoms with Crippen molar-refractivity contribution in [1.29, 1.82) is 0 Å². The number of allylic oxidation sites excluding steroid dienone is 5. The zero-order chi connectivity index (χ0) is 34.4. The molecule has 5 nitrogen and oxygen atoms in total.